The number of hydrogen-bond donors (Lipinski definition) is 1. The van der Waals surface area contributed by atoms with E-state index in [4.69, 9.17) is 4.74 Å². The summed E-state index contributed by atoms with van der Waals surface area (Å²) in [5.41, 5.74) is 2.72. The largest absolute Gasteiger partial charge is 0.373 e. The Morgan fingerprint density at radius 1 is 1.29 bits per heavy atom. The van der Waals surface area contributed by atoms with Crippen LogP contribution in [0.1, 0.15) is 38.7 Å². The van der Waals surface area contributed by atoms with Crippen molar-refractivity contribution in [1.29, 1.82) is 0 Å². The normalized spacial score (nSPS) is 22.2. The summed E-state index contributed by atoms with van der Waals surface area (Å²) in [7, 11) is 0. The highest BCUT2D eigenvalue weighted by Crippen LogP contribution is 2.25. The fourth-order valence-electron chi connectivity index (χ4n) is 3.25. The molecule has 1 aliphatic heterocycles. The Labute approximate surface area is 127 Å². The van der Waals surface area contributed by atoms with Crippen LogP contribution < -0.4 is 5.32 Å². The fraction of sp³-hybridized carbons (Fsp3) is 0.556. The second-order valence-corrected chi connectivity index (χ2v) is 6.15. The minimum atomic E-state index is 0.368. The van der Waals surface area contributed by atoms with E-state index < -0.39 is 0 Å². The van der Waals surface area contributed by atoms with Gasteiger partial charge in [-0.3, -0.25) is 0 Å². The molecule has 1 saturated heterocycles. The van der Waals surface area contributed by atoms with E-state index in [1.54, 1.807) is 0 Å². The number of aromatic nitrogens is 1. The van der Waals surface area contributed by atoms with Crippen LogP contribution >= 0.6 is 0 Å². The first-order chi connectivity index (χ1) is 10.3. The van der Waals surface area contributed by atoms with Crippen molar-refractivity contribution in [2.24, 2.45) is 0 Å². The molecule has 0 spiro atoms. The SMILES string of the molecule is CCCNCc1cn(CC2CCC(C)O2)c2ccccc12. The van der Waals surface area contributed by atoms with Crippen LogP contribution in [-0.2, 0) is 17.8 Å². The van der Waals surface area contributed by atoms with Crippen LogP contribution in [0.15, 0.2) is 30.5 Å². The van der Waals surface area contributed by atoms with Crippen molar-refractivity contribution in [2.45, 2.75) is 58.4 Å². The van der Waals surface area contributed by atoms with Gasteiger partial charge in [-0.2, -0.15) is 0 Å². The smallest absolute Gasteiger partial charge is 0.0758 e. The van der Waals surface area contributed by atoms with Crippen molar-refractivity contribution in [2.75, 3.05) is 6.54 Å². The molecule has 3 rings (SSSR count). The standard InChI is InChI=1S/C18H26N2O/c1-3-10-19-11-15-12-20(13-16-9-8-14(2)21-16)18-7-5-4-6-17(15)18/h4-7,12,14,16,19H,3,8-11,13H2,1-2H3. The van der Waals surface area contributed by atoms with Gasteiger partial charge in [0.05, 0.1) is 12.2 Å². The van der Waals surface area contributed by atoms with Crippen LogP contribution in [0.4, 0.5) is 0 Å². The lowest BCUT2D eigenvalue weighted by atomic mass is 10.2. The van der Waals surface area contributed by atoms with E-state index in [9.17, 15) is 0 Å². The number of rotatable bonds is 6. The summed E-state index contributed by atoms with van der Waals surface area (Å²) in [6.07, 6.45) is 6.63. The van der Waals surface area contributed by atoms with Gasteiger partial charge in [0.2, 0.25) is 0 Å². The quantitative estimate of drug-likeness (QED) is 0.819. The van der Waals surface area contributed by atoms with Gasteiger partial charge in [0.25, 0.3) is 0 Å². The van der Waals surface area contributed by atoms with Gasteiger partial charge in [-0.1, -0.05) is 25.1 Å². The summed E-state index contributed by atoms with van der Waals surface area (Å²) in [4.78, 5) is 0. The molecule has 2 heterocycles. The summed E-state index contributed by atoms with van der Waals surface area (Å²) >= 11 is 0. The van der Waals surface area contributed by atoms with Crippen molar-refractivity contribution in [1.82, 2.24) is 9.88 Å². The van der Waals surface area contributed by atoms with Gasteiger partial charge in [0.1, 0.15) is 0 Å². The lowest BCUT2D eigenvalue weighted by Gasteiger charge is -2.13. The molecule has 0 radical (unpaired) electrons. The first-order valence-corrected chi connectivity index (χ1v) is 8.21. The zero-order chi connectivity index (χ0) is 14.7. The van der Waals surface area contributed by atoms with E-state index in [1.807, 2.05) is 0 Å². The van der Waals surface area contributed by atoms with Gasteiger partial charge in [-0.05, 0) is 44.4 Å². The molecule has 114 valence electrons. The molecule has 0 bridgehead atoms. The second kappa shape index (κ2) is 6.63. The summed E-state index contributed by atoms with van der Waals surface area (Å²) < 4.78 is 8.36. The Bertz CT molecular complexity index is 590. The van der Waals surface area contributed by atoms with Crippen LogP contribution in [0, 0.1) is 0 Å². The van der Waals surface area contributed by atoms with Crippen molar-refractivity contribution >= 4 is 10.9 Å². The number of hydrogen-bond acceptors (Lipinski definition) is 2. The average Bonchev–Trinajstić information content (AvgIpc) is 3.05. The zero-order valence-electron chi connectivity index (χ0n) is 13.1. The number of ether oxygens (including phenoxy) is 1. The van der Waals surface area contributed by atoms with Gasteiger partial charge in [0.15, 0.2) is 0 Å². The Morgan fingerprint density at radius 2 is 2.14 bits per heavy atom. The van der Waals surface area contributed by atoms with Crippen LogP contribution in [0.3, 0.4) is 0 Å². The Hall–Kier alpha value is -1.32. The van der Waals surface area contributed by atoms with Gasteiger partial charge < -0.3 is 14.6 Å². The van der Waals surface area contributed by atoms with Crippen molar-refractivity contribution < 1.29 is 4.74 Å². The summed E-state index contributed by atoms with van der Waals surface area (Å²) in [6.45, 7) is 7.37. The molecule has 21 heavy (non-hydrogen) atoms. The molecule has 3 nitrogen and oxygen atoms in total. The summed E-state index contributed by atoms with van der Waals surface area (Å²) in [5.74, 6) is 0. The highest BCUT2D eigenvalue weighted by molar-refractivity contribution is 5.83. The van der Waals surface area contributed by atoms with Crippen LogP contribution in [0.5, 0.6) is 0 Å². The average molecular weight is 286 g/mol. The molecule has 1 aromatic carbocycles. The van der Waals surface area contributed by atoms with Crippen LogP contribution in [-0.4, -0.2) is 23.3 Å². The molecule has 2 aromatic rings. The lowest BCUT2D eigenvalue weighted by molar-refractivity contribution is 0.0465. The molecule has 0 aliphatic carbocycles. The maximum absolute atomic E-state index is 5.99. The summed E-state index contributed by atoms with van der Waals surface area (Å²) in [5, 5.41) is 4.88. The van der Waals surface area contributed by atoms with E-state index in [0.29, 0.717) is 12.2 Å². The first-order valence-electron chi connectivity index (χ1n) is 8.21. The van der Waals surface area contributed by atoms with Crippen LogP contribution in [0.2, 0.25) is 0 Å². The lowest BCUT2D eigenvalue weighted by Crippen LogP contribution is -2.16. The van der Waals surface area contributed by atoms with Crippen molar-refractivity contribution in [3.05, 3.63) is 36.0 Å². The number of nitrogens with zero attached hydrogens (tertiary/aromatic N) is 1. The highest BCUT2D eigenvalue weighted by Gasteiger charge is 2.22. The number of para-hydroxylation sites is 1. The minimum absolute atomic E-state index is 0.368. The molecule has 2 unspecified atom stereocenters. The second-order valence-electron chi connectivity index (χ2n) is 6.15. The van der Waals surface area contributed by atoms with Crippen molar-refractivity contribution in [3.63, 3.8) is 0 Å². The van der Waals surface area contributed by atoms with Crippen molar-refractivity contribution in [3.8, 4) is 0 Å². The van der Waals surface area contributed by atoms with Gasteiger partial charge in [-0.25, -0.2) is 0 Å². The predicted molar refractivity (Wildman–Crippen MR) is 87.5 cm³/mol. The molecule has 0 amide bonds. The molecule has 0 saturated carbocycles. The van der Waals surface area contributed by atoms with E-state index in [2.05, 4.69) is 54.2 Å². The Morgan fingerprint density at radius 3 is 2.90 bits per heavy atom. The first kappa shape index (κ1) is 14.6. The molecule has 1 aliphatic rings. The molecule has 1 aromatic heterocycles. The Kier molecular flexibility index (Phi) is 4.61. The molecule has 1 fully saturated rings. The van der Waals surface area contributed by atoms with Gasteiger partial charge in [-0.15, -0.1) is 0 Å². The highest BCUT2D eigenvalue weighted by atomic mass is 16.5. The predicted octanol–water partition coefficient (Wildman–Crippen LogP) is 3.71. The van der Waals surface area contributed by atoms with E-state index in [0.717, 1.165) is 19.6 Å². The third-order valence-corrected chi connectivity index (χ3v) is 4.33. The number of fused-ring (bicyclic) bond motifs is 1. The number of benzene rings is 1. The topological polar surface area (TPSA) is 26.2 Å². The molecular weight excluding hydrogens is 260 g/mol. The molecular formula is C18H26N2O. The third-order valence-electron chi connectivity index (χ3n) is 4.33. The van der Waals surface area contributed by atoms with E-state index in [1.165, 1.54) is 35.7 Å². The van der Waals surface area contributed by atoms with E-state index >= 15 is 0 Å². The van der Waals surface area contributed by atoms with Gasteiger partial charge in [0, 0.05) is 30.2 Å². The zero-order valence-corrected chi connectivity index (χ0v) is 13.1. The Balaban J connectivity index is 1.81. The monoisotopic (exact) mass is 286 g/mol. The molecule has 2 atom stereocenters. The van der Waals surface area contributed by atoms with Crippen LogP contribution in [0.25, 0.3) is 10.9 Å². The van der Waals surface area contributed by atoms with E-state index in [-0.39, 0.29) is 0 Å². The molecule has 3 heteroatoms. The third kappa shape index (κ3) is 3.30. The summed E-state index contributed by atoms with van der Waals surface area (Å²) in [6, 6.07) is 8.70. The maximum Gasteiger partial charge on any atom is 0.0758 e. The molecule has 1 N–H and O–H groups in total. The minimum Gasteiger partial charge on any atom is -0.373 e. The fourth-order valence-corrected chi connectivity index (χ4v) is 3.25. The maximum atomic E-state index is 5.99. The van der Waals surface area contributed by atoms with Gasteiger partial charge >= 0.3 is 0 Å². The number of nitrogens with one attached hydrogen (secondary N) is 1.